The second-order valence-corrected chi connectivity index (χ2v) is 5.50. The molecule has 3 heterocycles. The molecule has 1 aliphatic rings. The van der Waals surface area contributed by atoms with Crippen LogP contribution in [0.5, 0.6) is 0 Å². The number of amides is 1. The first-order valence-corrected chi connectivity index (χ1v) is 7.57. The molecule has 1 atom stereocenters. The summed E-state index contributed by atoms with van der Waals surface area (Å²) in [6, 6.07) is 2.09. The summed E-state index contributed by atoms with van der Waals surface area (Å²) in [5, 5.41) is 4.20. The smallest absolute Gasteiger partial charge is 0.274 e. The molecule has 2 aromatic heterocycles. The summed E-state index contributed by atoms with van der Waals surface area (Å²) >= 11 is 0. The molecule has 1 saturated heterocycles. The van der Waals surface area contributed by atoms with Crippen LogP contribution in [0.4, 0.5) is 0 Å². The molecule has 22 heavy (non-hydrogen) atoms. The van der Waals surface area contributed by atoms with Crippen molar-refractivity contribution in [3.05, 3.63) is 46.9 Å². The number of carbonyl (C=O) groups excluding carboxylic acids is 1. The zero-order chi connectivity index (χ0) is 15.4. The molecule has 2 aromatic rings. The van der Waals surface area contributed by atoms with E-state index >= 15 is 0 Å². The van der Waals surface area contributed by atoms with Gasteiger partial charge in [0.2, 0.25) is 0 Å². The standard InChI is InChI=1S/C15H19N5O2/c21-14-11-16-13(10-17-14)15(22)20-8-2-1-4-12(20)5-9-19-7-3-6-18-19/h3,6-7,10-12H,1-2,4-5,8-9H2,(H,17,21). The van der Waals surface area contributed by atoms with Crippen molar-refractivity contribution in [2.75, 3.05) is 6.54 Å². The number of hydrogen-bond donors (Lipinski definition) is 1. The second-order valence-electron chi connectivity index (χ2n) is 5.50. The van der Waals surface area contributed by atoms with E-state index in [0.717, 1.165) is 45.0 Å². The average Bonchev–Trinajstić information content (AvgIpc) is 3.07. The Bertz CT molecular complexity index is 659. The van der Waals surface area contributed by atoms with Crippen LogP contribution in [0.25, 0.3) is 0 Å². The Morgan fingerprint density at radius 2 is 2.32 bits per heavy atom. The largest absolute Gasteiger partial charge is 0.334 e. The number of aromatic amines is 1. The van der Waals surface area contributed by atoms with Gasteiger partial charge < -0.3 is 9.88 Å². The lowest BCUT2D eigenvalue weighted by atomic mass is 9.99. The van der Waals surface area contributed by atoms with E-state index in [0.29, 0.717) is 5.69 Å². The maximum atomic E-state index is 12.6. The quantitative estimate of drug-likeness (QED) is 0.915. The number of rotatable bonds is 4. The van der Waals surface area contributed by atoms with Gasteiger partial charge in [0.1, 0.15) is 5.69 Å². The molecular formula is C15H19N5O2. The molecule has 1 fully saturated rings. The van der Waals surface area contributed by atoms with Gasteiger partial charge in [0.25, 0.3) is 11.5 Å². The van der Waals surface area contributed by atoms with Gasteiger partial charge in [-0.2, -0.15) is 5.10 Å². The highest BCUT2D eigenvalue weighted by atomic mass is 16.2. The molecule has 0 aromatic carbocycles. The molecule has 116 valence electrons. The van der Waals surface area contributed by atoms with Crippen LogP contribution in [0.1, 0.15) is 36.2 Å². The first-order chi connectivity index (χ1) is 10.7. The number of nitrogens with one attached hydrogen (secondary N) is 1. The van der Waals surface area contributed by atoms with Crippen LogP contribution in [0.2, 0.25) is 0 Å². The fourth-order valence-electron chi connectivity index (χ4n) is 2.89. The minimum Gasteiger partial charge on any atom is -0.334 e. The van der Waals surface area contributed by atoms with E-state index in [-0.39, 0.29) is 17.5 Å². The predicted octanol–water partition coefficient (Wildman–Crippen LogP) is 1.05. The van der Waals surface area contributed by atoms with Crippen LogP contribution >= 0.6 is 0 Å². The van der Waals surface area contributed by atoms with E-state index in [4.69, 9.17) is 0 Å². The minimum absolute atomic E-state index is 0.110. The molecule has 7 nitrogen and oxygen atoms in total. The van der Waals surface area contributed by atoms with Crippen LogP contribution in [-0.2, 0) is 6.54 Å². The first-order valence-electron chi connectivity index (χ1n) is 7.57. The van der Waals surface area contributed by atoms with Crippen molar-refractivity contribution in [3.8, 4) is 0 Å². The zero-order valence-electron chi connectivity index (χ0n) is 12.3. The molecule has 1 aliphatic heterocycles. The Labute approximate surface area is 128 Å². The second kappa shape index (κ2) is 6.55. The van der Waals surface area contributed by atoms with Gasteiger partial charge in [0.05, 0.1) is 6.20 Å². The molecule has 0 spiro atoms. The predicted molar refractivity (Wildman–Crippen MR) is 80.4 cm³/mol. The Balaban J connectivity index is 1.69. The summed E-state index contributed by atoms with van der Waals surface area (Å²) in [6.45, 7) is 1.53. The molecule has 0 aliphatic carbocycles. The van der Waals surface area contributed by atoms with Crippen molar-refractivity contribution in [1.29, 1.82) is 0 Å². The molecule has 3 rings (SSSR count). The monoisotopic (exact) mass is 301 g/mol. The lowest BCUT2D eigenvalue weighted by molar-refractivity contribution is 0.0587. The van der Waals surface area contributed by atoms with Crippen LogP contribution in [0, 0.1) is 0 Å². The number of piperidine rings is 1. The van der Waals surface area contributed by atoms with Gasteiger partial charge in [0.15, 0.2) is 0 Å². The van der Waals surface area contributed by atoms with E-state index in [9.17, 15) is 9.59 Å². The molecular weight excluding hydrogens is 282 g/mol. The van der Waals surface area contributed by atoms with Crippen LogP contribution in [0.15, 0.2) is 35.6 Å². The van der Waals surface area contributed by atoms with Crippen molar-refractivity contribution in [2.45, 2.75) is 38.3 Å². The highest BCUT2D eigenvalue weighted by Gasteiger charge is 2.28. The summed E-state index contributed by atoms with van der Waals surface area (Å²) in [5.41, 5.74) is -0.00369. The average molecular weight is 301 g/mol. The van der Waals surface area contributed by atoms with Gasteiger partial charge >= 0.3 is 0 Å². The summed E-state index contributed by atoms with van der Waals surface area (Å²) in [4.78, 5) is 32.0. The number of hydrogen-bond acceptors (Lipinski definition) is 4. The van der Waals surface area contributed by atoms with Crippen molar-refractivity contribution in [1.82, 2.24) is 24.6 Å². The third-order valence-electron chi connectivity index (χ3n) is 4.03. The number of H-pyrrole nitrogens is 1. The van der Waals surface area contributed by atoms with E-state index < -0.39 is 0 Å². The highest BCUT2D eigenvalue weighted by molar-refractivity contribution is 5.92. The van der Waals surface area contributed by atoms with E-state index in [1.54, 1.807) is 6.20 Å². The van der Waals surface area contributed by atoms with Gasteiger partial charge in [-0.15, -0.1) is 0 Å². The van der Waals surface area contributed by atoms with E-state index in [1.807, 2.05) is 21.8 Å². The highest BCUT2D eigenvalue weighted by Crippen LogP contribution is 2.21. The van der Waals surface area contributed by atoms with Gasteiger partial charge in [-0.3, -0.25) is 14.3 Å². The fraction of sp³-hybridized carbons (Fsp3) is 0.467. The van der Waals surface area contributed by atoms with Crippen LogP contribution < -0.4 is 5.56 Å². The number of carbonyl (C=O) groups is 1. The Morgan fingerprint density at radius 1 is 1.41 bits per heavy atom. The van der Waals surface area contributed by atoms with Crippen LogP contribution in [0.3, 0.4) is 0 Å². The van der Waals surface area contributed by atoms with Crippen molar-refractivity contribution < 1.29 is 4.79 Å². The number of aromatic nitrogens is 4. The summed E-state index contributed by atoms with van der Waals surface area (Å²) in [5.74, 6) is -0.110. The Hall–Kier alpha value is -2.44. The normalized spacial score (nSPS) is 18.4. The number of nitrogens with zero attached hydrogens (tertiary/aromatic N) is 4. The van der Waals surface area contributed by atoms with Gasteiger partial charge in [0, 0.05) is 37.7 Å². The Morgan fingerprint density at radius 3 is 3.05 bits per heavy atom. The molecule has 0 saturated carbocycles. The first kappa shape index (κ1) is 14.5. The lowest BCUT2D eigenvalue weighted by Gasteiger charge is -2.35. The fourth-order valence-corrected chi connectivity index (χ4v) is 2.89. The number of aryl methyl sites for hydroxylation is 1. The van der Waals surface area contributed by atoms with Gasteiger partial charge in [-0.25, -0.2) is 4.98 Å². The van der Waals surface area contributed by atoms with Crippen molar-refractivity contribution >= 4 is 5.91 Å². The number of likely N-dealkylation sites (tertiary alicyclic amines) is 1. The zero-order valence-corrected chi connectivity index (χ0v) is 12.3. The molecule has 1 amide bonds. The third-order valence-corrected chi connectivity index (χ3v) is 4.03. The van der Waals surface area contributed by atoms with Crippen LogP contribution in [-0.4, -0.2) is 43.1 Å². The van der Waals surface area contributed by atoms with E-state index in [1.165, 1.54) is 6.20 Å². The molecule has 0 radical (unpaired) electrons. The molecule has 7 heteroatoms. The van der Waals surface area contributed by atoms with Gasteiger partial charge in [-0.1, -0.05) is 0 Å². The summed E-state index contributed by atoms with van der Waals surface area (Å²) in [7, 11) is 0. The Kier molecular flexibility index (Phi) is 4.32. The molecule has 1 unspecified atom stereocenters. The summed E-state index contributed by atoms with van der Waals surface area (Å²) < 4.78 is 1.88. The van der Waals surface area contributed by atoms with Gasteiger partial charge in [-0.05, 0) is 31.7 Å². The lowest BCUT2D eigenvalue weighted by Crippen LogP contribution is -2.44. The SMILES string of the molecule is O=C(c1c[nH]c(=O)cn1)N1CCCCC1CCn1cccn1. The molecule has 0 bridgehead atoms. The molecule has 1 N–H and O–H groups in total. The van der Waals surface area contributed by atoms with Crippen molar-refractivity contribution in [2.24, 2.45) is 0 Å². The minimum atomic E-state index is -0.301. The third kappa shape index (κ3) is 3.24. The summed E-state index contributed by atoms with van der Waals surface area (Å²) in [6.07, 6.45) is 10.2. The topological polar surface area (TPSA) is 83.9 Å². The maximum absolute atomic E-state index is 12.6. The van der Waals surface area contributed by atoms with Crippen molar-refractivity contribution in [3.63, 3.8) is 0 Å². The maximum Gasteiger partial charge on any atom is 0.274 e. The van der Waals surface area contributed by atoms with E-state index in [2.05, 4.69) is 15.1 Å².